The van der Waals surface area contributed by atoms with Crippen molar-refractivity contribution in [2.75, 3.05) is 13.1 Å². The van der Waals surface area contributed by atoms with Gasteiger partial charge in [-0.15, -0.1) is 0 Å². The van der Waals surface area contributed by atoms with E-state index >= 15 is 0 Å². The number of amides is 1. The van der Waals surface area contributed by atoms with Crippen LogP contribution in [0, 0.1) is 0 Å². The van der Waals surface area contributed by atoms with E-state index in [1.165, 1.54) is 4.90 Å². The Bertz CT molecular complexity index is 918. The fraction of sp³-hybridized carbons (Fsp3) is 0.250. The molecule has 1 amide bonds. The Morgan fingerprint density at radius 3 is 2.46 bits per heavy atom. The topological polar surface area (TPSA) is 75.4 Å². The van der Waals surface area contributed by atoms with E-state index in [1.54, 1.807) is 6.92 Å². The number of carbonyl (C=O) groups is 2. The van der Waals surface area contributed by atoms with Crippen LogP contribution in [0.1, 0.15) is 19.2 Å². The molecule has 0 aliphatic rings. The lowest BCUT2D eigenvalue weighted by Crippen LogP contribution is -2.35. The van der Waals surface area contributed by atoms with Crippen molar-refractivity contribution in [3.63, 3.8) is 0 Å². The molecule has 6 nitrogen and oxygen atoms in total. The molecule has 0 radical (unpaired) electrons. The second kappa shape index (κ2) is 7.82. The predicted molar refractivity (Wildman–Crippen MR) is 99.3 cm³/mol. The van der Waals surface area contributed by atoms with Gasteiger partial charge in [-0.25, -0.2) is 4.98 Å². The standard InChI is InChI=1S/C20H21N3O3/c1-2-22(14-20(25)26)19(24)13-12-18-21-16-10-6-7-11-17(16)23(18)15-8-4-3-5-9-15/h3-11H,2,12-14H2,1H3,(H,25,26). The van der Waals surface area contributed by atoms with Crippen LogP contribution in [-0.4, -0.2) is 44.5 Å². The van der Waals surface area contributed by atoms with Crippen LogP contribution in [0.3, 0.4) is 0 Å². The van der Waals surface area contributed by atoms with E-state index in [4.69, 9.17) is 5.11 Å². The molecule has 134 valence electrons. The van der Waals surface area contributed by atoms with E-state index in [0.29, 0.717) is 13.0 Å². The molecule has 2 aromatic carbocycles. The summed E-state index contributed by atoms with van der Waals surface area (Å²) in [4.78, 5) is 29.3. The summed E-state index contributed by atoms with van der Waals surface area (Å²) in [6, 6.07) is 17.7. The Morgan fingerprint density at radius 1 is 1.08 bits per heavy atom. The normalized spacial score (nSPS) is 10.8. The largest absolute Gasteiger partial charge is 0.480 e. The van der Waals surface area contributed by atoms with E-state index in [2.05, 4.69) is 9.55 Å². The Hall–Kier alpha value is -3.15. The van der Waals surface area contributed by atoms with Crippen LogP contribution >= 0.6 is 0 Å². The lowest BCUT2D eigenvalue weighted by molar-refractivity contribution is -0.144. The summed E-state index contributed by atoms with van der Waals surface area (Å²) in [5.74, 6) is -0.393. The molecular formula is C20H21N3O3. The number of aromatic nitrogens is 2. The minimum Gasteiger partial charge on any atom is -0.480 e. The van der Waals surface area contributed by atoms with E-state index in [-0.39, 0.29) is 18.9 Å². The molecule has 1 N–H and O–H groups in total. The number of nitrogens with zero attached hydrogens (tertiary/aromatic N) is 3. The van der Waals surface area contributed by atoms with Crippen LogP contribution in [0.25, 0.3) is 16.7 Å². The Labute approximate surface area is 151 Å². The maximum Gasteiger partial charge on any atom is 0.323 e. The maximum atomic E-state index is 12.4. The van der Waals surface area contributed by atoms with Crippen molar-refractivity contribution in [1.29, 1.82) is 0 Å². The number of hydrogen-bond acceptors (Lipinski definition) is 3. The number of fused-ring (bicyclic) bond motifs is 1. The van der Waals surface area contributed by atoms with Gasteiger partial charge in [0.1, 0.15) is 12.4 Å². The molecule has 3 rings (SSSR count). The van der Waals surface area contributed by atoms with Crippen molar-refractivity contribution < 1.29 is 14.7 Å². The highest BCUT2D eigenvalue weighted by molar-refractivity contribution is 5.82. The quantitative estimate of drug-likeness (QED) is 0.710. The first-order valence-corrected chi connectivity index (χ1v) is 8.61. The summed E-state index contributed by atoms with van der Waals surface area (Å²) in [6.45, 7) is 1.88. The number of benzene rings is 2. The number of imidazole rings is 1. The first kappa shape index (κ1) is 17.7. The molecule has 0 saturated carbocycles. The average Bonchev–Trinajstić information content (AvgIpc) is 3.03. The third-order valence-electron chi connectivity index (χ3n) is 4.27. The van der Waals surface area contributed by atoms with Crippen molar-refractivity contribution in [3.05, 3.63) is 60.4 Å². The third-order valence-corrected chi connectivity index (χ3v) is 4.27. The smallest absolute Gasteiger partial charge is 0.323 e. The van der Waals surface area contributed by atoms with Crippen molar-refractivity contribution >= 4 is 22.9 Å². The fourth-order valence-corrected chi connectivity index (χ4v) is 3.03. The zero-order chi connectivity index (χ0) is 18.5. The van der Waals surface area contributed by atoms with Crippen LogP contribution in [0.2, 0.25) is 0 Å². The number of para-hydroxylation sites is 3. The van der Waals surface area contributed by atoms with Gasteiger partial charge >= 0.3 is 5.97 Å². The van der Waals surface area contributed by atoms with Gasteiger partial charge in [0.25, 0.3) is 0 Å². The van der Waals surface area contributed by atoms with Crippen LogP contribution in [0.5, 0.6) is 0 Å². The number of aryl methyl sites for hydroxylation is 1. The van der Waals surface area contributed by atoms with Crippen molar-refractivity contribution in [3.8, 4) is 5.69 Å². The summed E-state index contributed by atoms with van der Waals surface area (Å²) in [7, 11) is 0. The molecule has 26 heavy (non-hydrogen) atoms. The molecule has 1 heterocycles. The number of carboxylic acids is 1. The molecule has 0 saturated heterocycles. The summed E-state index contributed by atoms with van der Waals surface area (Å²) >= 11 is 0. The molecule has 1 aromatic heterocycles. The summed E-state index contributed by atoms with van der Waals surface area (Å²) in [5, 5.41) is 8.93. The van der Waals surface area contributed by atoms with Crippen molar-refractivity contribution in [1.82, 2.24) is 14.5 Å². The van der Waals surface area contributed by atoms with Gasteiger partial charge in [-0.1, -0.05) is 30.3 Å². The monoisotopic (exact) mass is 351 g/mol. The number of likely N-dealkylation sites (N-methyl/N-ethyl adjacent to an activating group) is 1. The lowest BCUT2D eigenvalue weighted by atomic mass is 10.2. The molecule has 6 heteroatoms. The van der Waals surface area contributed by atoms with Crippen molar-refractivity contribution in [2.45, 2.75) is 19.8 Å². The fourth-order valence-electron chi connectivity index (χ4n) is 3.03. The lowest BCUT2D eigenvalue weighted by Gasteiger charge is -2.18. The van der Waals surface area contributed by atoms with Gasteiger partial charge in [0.15, 0.2) is 0 Å². The molecule has 0 aliphatic heterocycles. The zero-order valence-electron chi connectivity index (χ0n) is 14.6. The number of aliphatic carboxylic acids is 1. The highest BCUT2D eigenvalue weighted by atomic mass is 16.4. The van der Waals surface area contributed by atoms with Gasteiger partial charge in [0.05, 0.1) is 11.0 Å². The molecule has 0 atom stereocenters. The number of carbonyl (C=O) groups excluding carboxylic acids is 1. The predicted octanol–water partition coefficient (Wildman–Crippen LogP) is 2.89. The number of rotatable bonds is 7. The van der Waals surface area contributed by atoms with Crippen LogP contribution in [-0.2, 0) is 16.0 Å². The van der Waals surface area contributed by atoms with E-state index in [9.17, 15) is 9.59 Å². The number of hydrogen-bond donors (Lipinski definition) is 1. The van der Waals surface area contributed by atoms with Crippen LogP contribution < -0.4 is 0 Å². The Kier molecular flexibility index (Phi) is 5.31. The van der Waals surface area contributed by atoms with Crippen LogP contribution in [0.4, 0.5) is 0 Å². The Morgan fingerprint density at radius 2 is 1.77 bits per heavy atom. The van der Waals surface area contributed by atoms with Crippen molar-refractivity contribution in [2.24, 2.45) is 0 Å². The number of carboxylic acid groups (broad SMARTS) is 1. The molecular weight excluding hydrogens is 330 g/mol. The molecule has 0 fully saturated rings. The highest BCUT2D eigenvalue weighted by Gasteiger charge is 2.17. The molecule has 0 unspecified atom stereocenters. The van der Waals surface area contributed by atoms with Crippen LogP contribution in [0.15, 0.2) is 54.6 Å². The first-order valence-electron chi connectivity index (χ1n) is 8.61. The minimum atomic E-state index is -1.00. The molecule has 0 spiro atoms. The van der Waals surface area contributed by atoms with Gasteiger partial charge in [0.2, 0.25) is 5.91 Å². The first-order chi connectivity index (χ1) is 12.6. The molecule has 0 bridgehead atoms. The molecule has 3 aromatic rings. The second-order valence-electron chi connectivity index (χ2n) is 5.99. The summed E-state index contributed by atoms with van der Waals surface area (Å²) in [5.41, 5.74) is 2.84. The van der Waals surface area contributed by atoms with E-state index < -0.39 is 5.97 Å². The van der Waals surface area contributed by atoms with Gasteiger partial charge in [-0.2, -0.15) is 0 Å². The van der Waals surface area contributed by atoms with Gasteiger partial charge in [0, 0.05) is 25.1 Å². The SMILES string of the molecule is CCN(CC(=O)O)C(=O)CCc1nc2ccccc2n1-c1ccccc1. The van der Waals surface area contributed by atoms with E-state index in [0.717, 1.165) is 22.5 Å². The maximum absolute atomic E-state index is 12.4. The molecule has 0 aliphatic carbocycles. The second-order valence-corrected chi connectivity index (χ2v) is 5.99. The van der Waals surface area contributed by atoms with E-state index in [1.807, 2.05) is 54.6 Å². The van der Waals surface area contributed by atoms with Gasteiger partial charge in [-0.3, -0.25) is 14.2 Å². The zero-order valence-corrected chi connectivity index (χ0v) is 14.6. The minimum absolute atomic E-state index is 0.179. The summed E-state index contributed by atoms with van der Waals surface area (Å²) < 4.78 is 2.05. The Balaban J connectivity index is 1.88. The highest BCUT2D eigenvalue weighted by Crippen LogP contribution is 2.22. The van der Waals surface area contributed by atoms with Gasteiger partial charge < -0.3 is 10.0 Å². The van der Waals surface area contributed by atoms with Gasteiger partial charge in [-0.05, 0) is 31.2 Å². The summed E-state index contributed by atoms with van der Waals surface area (Å²) in [6.07, 6.45) is 0.663. The average molecular weight is 351 g/mol. The third kappa shape index (κ3) is 3.74.